The van der Waals surface area contributed by atoms with Gasteiger partial charge in [-0.15, -0.1) is 0 Å². The number of rotatable bonds is 4. The van der Waals surface area contributed by atoms with Crippen molar-refractivity contribution >= 4 is 28.0 Å². The van der Waals surface area contributed by atoms with Gasteiger partial charge in [0.15, 0.2) is 0 Å². The van der Waals surface area contributed by atoms with Crippen LogP contribution in [0.5, 0.6) is 0 Å². The Kier molecular flexibility index (Phi) is 6.46. The third kappa shape index (κ3) is 5.71. The highest BCUT2D eigenvalue weighted by Crippen LogP contribution is 2.23. The molecule has 1 heterocycles. The minimum atomic E-state index is -0.909. The highest BCUT2D eigenvalue weighted by atomic mass is 79.9. The lowest BCUT2D eigenvalue weighted by molar-refractivity contribution is -0.151. The second kappa shape index (κ2) is 8.19. The first-order chi connectivity index (χ1) is 11.7. The summed E-state index contributed by atoms with van der Waals surface area (Å²) in [5, 5.41) is 10.1. The highest BCUT2D eigenvalue weighted by Gasteiger charge is 2.37. The summed E-state index contributed by atoms with van der Waals surface area (Å²) in [6.45, 7) is 5.65. The van der Waals surface area contributed by atoms with Crippen molar-refractivity contribution in [2.45, 2.75) is 51.4 Å². The van der Waals surface area contributed by atoms with E-state index >= 15 is 0 Å². The van der Waals surface area contributed by atoms with Gasteiger partial charge in [-0.25, -0.2) is 9.59 Å². The Hall–Kier alpha value is -1.60. The van der Waals surface area contributed by atoms with E-state index in [4.69, 9.17) is 9.47 Å². The van der Waals surface area contributed by atoms with Crippen molar-refractivity contribution in [3.05, 3.63) is 34.3 Å². The molecule has 1 unspecified atom stereocenters. The molecule has 1 N–H and O–H groups in total. The molecule has 1 aromatic rings. The molecule has 7 heteroatoms. The van der Waals surface area contributed by atoms with Crippen LogP contribution in [0.4, 0.5) is 4.79 Å². The molecular weight excluding hydrogens is 390 g/mol. The number of nitrogens with zero attached hydrogens (tertiary/aromatic N) is 1. The Morgan fingerprint density at radius 3 is 2.56 bits per heavy atom. The van der Waals surface area contributed by atoms with Gasteiger partial charge in [0.2, 0.25) is 0 Å². The summed E-state index contributed by atoms with van der Waals surface area (Å²) in [7, 11) is 0. The van der Waals surface area contributed by atoms with Crippen molar-refractivity contribution in [2.24, 2.45) is 0 Å². The Labute approximate surface area is 156 Å². The summed E-state index contributed by atoms with van der Waals surface area (Å²) >= 11 is 3.33. The van der Waals surface area contributed by atoms with E-state index in [1.807, 2.05) is 12.1 Å². The molecule has 0 aliphatic carbocycles. The van der Waals surface area contributed by atoms with Crippen LogP contribution in [0.2, 0.25) is 0 Å². The maximum Gasteiger partial charge on any atom is 0.411 e. The van der Waals surface area contributed by atoms with Gasteiger partial charge in [-0.2, -0.15) is 0 Å². The molecule has 138 valence electrons. The zero-order valence-corrected chi connectivity index (χ0v) is 16.3. The molecule has 0 aromatic heterocycles. The van der Waals surface area contributed by atoms with Gasteiger partial charge in [-0.05, 0) is 51.3 Å². The highest BCUT2D eigenvalue weighted by molar-refractivity contribution is 9.10. The number of benzene rings is 1. The summed E-state index contributed by atoms with van der Waals surface area (Å²) in [6, 6.07) is 6.46. The van der Waals surface area contributed by atoms with Crippen LogP contribution in [-0.4, -0.2) is 46.9 Å². The number of hydrogen-bond acceptors (Lipinski definition) is 5. The average Bonchev–Trinajstić information content (AvgIpc) is 3.01. The van der Waals surface area contributed by atoms with E-state index in [1.165, 1.54) is 4.90 Å². The van der Waals surface area contributed by atoms with Crippen molar-refractivity contribution in [3.63, 3.8) is 0 Å². The zero-order valence-electron chi connectivity index (χ0n) is 14.7. The molecule has 6 nitrogen and oxygen atoms in total. The first-order valence-corrected chi connectivity index (χ1v) is 9.06. The summed E-state index contributed by atoms with van der Waals surface area (Å²) < 4.78 is 11.5. The van der Waals surface area contributed by atoms with Crippen LogP contribution in [0, 0.1) is 0 Å². The van der Waals surface area contributed by atoms with Crippen LogP contribution in [-0.2, 0) is 14.3 Å². The smallest absolute Gasteiger partial charge is 0.411 e. The third-order valence-electron chi connectivity index (χ3n) is 3.79. The Bertz CT molecular complexity index is 611. The maximum absolute atomic E-state index is 12.3. The number of aliphatic hydroxyl groups is 1. The van der Waals surface area contributed by atoms with Crippen LogP contribution in [0.3, 0.4) is 0 Å². The Balaban J connectivity index is 1.90. The van der Waals surface area contributed by atoms with Gasteiger partial charge in [-0.3, -0.25) is 4.90 Å². The van der Waals surface area contributed by atoms with Gasteiger partial charge in [0.05, 0.1) is 0 Å². The first-order valence-electron chi connectivity index (χ1n) is 8.27. The van der Waals surface area contributed by atoms with E-state index in [0.717, 1.165) is 4.47 Å². The molecule has 1 aliphatic heterocycles. The quantitative estimate of drug-likeness (QED) is 0.765. The number of halogens is 1. The molecule has 2 rings (SSSR count). The molecule has 1 aromatic carbocycles. The van der Waals surface area contributed by atoms with Crippen LogP contribution in [0.25, 0.3) is 0 Å². The number of carbonyl (C=O) groups excluding carboxylic acids is 2. The number of amides is 1. The van der Waals surface area contributed by atoms with Crippen LogP contribution >= 0.6 is 15.9 Å². The van der Waals surface area contributed by atoms with Crippen molar-refractivity contribution in [1.29, 1.82) is 0 Å². The molecule has 25 heavy (non-hydrogen) atoms. The fourth-order valence-corrected chi connectivity index (χ4v) is 2.85. The second-order valence-electron chi connectivity index (χ2n) is 7.03. The normalized spacial score (nSPS) is 18.8. The van der Waals surface area contributed by atoms with E-state index in [9.17, 15) is 14.7 Å². The molecule has 0 radical (unpaired) electrons. The van der Waals surface area contributed by atoms with Gasteiger partial charge in [-0.1, -0.05) is 28.1 Å². The van der Waals surface area contributed by atoms with Gasteiger partial charge in [0, 0.05) is 11.0 Å². The fourth-order valence-electron chi connectivity index (χ4n) is 2.59. The number of ether oxygens (including phenoxy) is 2. The molecule has 0 spiro atoms. The molecule has 1 aliphatic rings. The number of hydrogen-bond donors (Lipinski definition) is 1. The molecule has 1 amide bonds. The lowest BCUT2D eigenvalue weighted by Crippen LogP contribution is -2.44. The van der Waals surface area contributed by atoms with Gasteiger partial charge >= 0.3 is 12.1 Å². The van der Waals surface area contributed by atoms with Crippen molar-refractivity contribution in [1.82, 2.24) is 4.90 Å². The van der Waals surface area contributed by atoms with E-state index in [1.54, 1.807) is 32.9 Å². The molecule has 1 fully saturated rings. The second-order valence-corrected chi connectivity index (χ2v) is 7.94. The number of carbonyl (C=O) groups is 2. The van der Waals surface area contributed by atoms with Crippen LogP contribution < -0.4 is 0 Å². The van der Waals surface area contributed by atoms with Gasteiger partial charge < -0.3 is 14.6 Å². The van der Waals surface area contributed by atoms with E-state index in [-0.39, 0.29) is 6.61 Å². The van der Waals surface area contributed by atoms with Crippen molar-refractivity contribution in [2.75, 3.05) is 13.2 Å². The summed E-state index contributed by atoms with van der Waals surface area (Å²) in [4.78, 5) is 25.9. The van der Waals surface area contributed by atoms with Crippen molar-refractivity contribution < 1.29 is 24.2 Å². The topological polar surface area (TPSA) is 76.1 Å². The SMILES string of the molecule is CC(C)(C)OC(=O)N1CCC[C@H]1C(=O)OCC(O)c1ccc(Br)cc1. The zero-order chi connectivity index (χ0) is 18.6. The molecule has 1 saturated heterocycles. The first kappa shape index (κ1) is 19.7. The Morgan fingerprint density at radius 2 is 1.96 bits per heavy atom. The van der Waals surface area contributed by atoms with Crippen LogP contribution in [0.15, 0.2) is 28.7 Å². The van der Waals surface area contributed by atoms with E-state index in [0.29, 0.717) is 24.9 Å². The lowest BCUT2D eigenvalue weighted by atomic mass is 10.1. The number of likely N-dealkylation sites (tertiary alicyclic amines) is 1. The minimum Gasteiger partial charge on any atom is -0.461 e. The minimum absolute atomic E-state index is 0.154. The molecule has 2 atom stereocenters. The predicted molar refractivity (Wildman–Crippen MR) is 96.0 cm³/mol. The van der Waals surface area contributed by atoms with Gasteiger partial charge in [0.25, 0.3) is 0 Å². The lowest BCUT2D eigenvalue weighted by Gasteiger charge is -2.27. The van der Waals surface area contributed by atoms with E-state index < -0.39 is 29.8 Å². The summed E-state index contributed by atoms with van der Waals surface area (Å²) in [5.74, 6) is -0.514. The molecule has 0 bridgehead atoms. The van der Waals surface area contributed by atoms with Crippen molar-refractivity contribution in [3.8, 4) is 0 Å². The molecular formula is C18H24BrNO5. The maximum atomic E-state index is 12.3. The Morgan fingerprint density at radius 1 is 1.32 bits per heavy atom. The van der Waals surface area contributed by atoms with Crippen LogP contribution in [0.1, 0.15) is 45.3 Å². The summed E-state index contributed by atoms with van der Waals surface area (Å²) in [5.41, 5.74) is 0.0396. The fraction of sp³-hybridized carbons (Fsp3) is 0.556. The number of aliphatic hydroxyl groups excluding tert-OH is 1. The largest absolute Gasteiger partial charge is 0.461 e. The third-order valence-corrected chi connectivity index (χ3v) is 4.32. The predicted octanol–water partition coefficient (Wildman–Crippen LogP) is 3.43. The average molecular weight is 414 g/mol. The van der Waals surface area contributed by atoms with Gasteiger partial charge in [0.1, 0.15) is 24.4 Å². The monoisotopic (exact) mass is 413 g/mol. The van der Waals surface area contributed by atoms with E-state index in [2.05, 4.69) is 15.9 Å². The standard InChI is InChI=1S/C18H24BrNO5/c1-18(2,3)25-17(23)20-10-4-5-14(20)16(22)24-11-15(21)12-6-8-13(19)9-7-12/h6-9,14-15,21H,4-5,10-11H2,1-3H3/t14-,15?/m0/s1. The summed E-state index contributed by atoms with van der Waals surface area (Å²) in [6.07, 6.45) is -0.172. The molecule has 0 saturated carbocycles. The number of esters is 1.